The molecule has 9 heteroatoms. The molecule has 1 aromatic carbocycles. The summed E-state index contributed by atoms with van der Waals surface area (Å²) in [6, 6.07) is 9.63. The number of hydrogen-bond acceptors (Lipinski definition) is 5. The van der Waals surface area contributed by atoms with E-state index in [-0.39, 0.29) is 50.0 Å². The van der Waals surface area contributed by atoms with Crippen molar-refractivity contribution >= 4 is 10.4 Å². The second kappa shape index (κ2) is 17.9. The molecule has 0 radical (unpaired) electrons. The van der Waals surface area contributed by atoms with Crippen LogP contribution >= 0.6 is 0 Å². The number of rotatable bonds is 12. The van der Waals surface area contributed by atoms with Crippen LogP contribution in [-0.2, 0) is 15.1 Å². The third-order valence-electron chi connectivity index (χ3n) is 3.51. The van der Waals surface area contributed by atoms with Crippen LogP contribution < -0.4 is 34.3 Å². The van der Waals surface area contributed by atoms with Gasteiger partial charge in [-0.1, -0.05) is 63.6 Å². The van der Waals surface area contributed by atoms with Gasteiger partial charge < -0.3 is 16.0 Å². The minimum atomic E-state index is -4.67. The molecule has 0 amide bonds. The molecule has 0 bridgehead atoms. The molecular weight excluding hydrogens is 383 g/mol. The topological polar surface area (TPSA) is 113 Å². The van der Waals surface area contributed by atoms with Crippen LogP contribution in [0.4, 0.5) is 0 Å². The van der Waals surface area contributed by atoms with Crippen LogP contribution in [0.25, 0.3) is 0 Å². The summed E-state index contributed by atoms with van der Waals surface area (Å²) in [4.78, 5) is 0. The van der Waals surface area contributed by atoms with Crippen LogP contribution in [0.2, 0.25) is 0 Å². The average Bonchev–Trinajstić information content (AvgIpc) is 2.56. The molecule has 3 N–H and O–H groups in total. The van der Waals surface area contributed by atoms with E-state index in [1.807, 2.05) is 37.3 Å². The summed E-state index contributed by atoms with van der Waals surface area (Å²) >= 11 is 0. The standard InChI is InChI=1S/C18H30O3.Na.H2O4S.H/c1-3-4-5-6-7-9-14-18(15-19)21-16(2)20-17-12-10-8-11-13-17;;1-5(2,3)4;/h8,10-13,16,18-19H,3-7,9,14-15H2,1-2H3;;(H2,1,2,3,4);/q;+1;;-1. The van der Waals surface area contributed by atoms with Crippen molar-refractivity contribution in [2.75, 3.05) is 6.61 Å². The summed E-state index contributed by atoms with van der Waals surface area (Å²) in [5.74, 6) is 0.793. The summed E-state index contributed by atoms with van der Waals surface area (Å²) in [5, 5.41) is 9.40. The summed E-state index contributed by atoms with van der Waals surface area (Å²) in [5.41, 5.74) is 0. The summed E-state index contributed by atoms with van der Waals surface area (Å²) < 4.78 is 43.0. The smallest absolute Gasteiger partial charge is 1.00 e. The zero-order valence-corrected chi connectivity index (χ0v) is 19.4. The van der Waals surface area contributed by atoms with E-state index in [0.717, 1.165) is 18.6 Å². The zero-order valence-electron chi connectivity index (χ0n) is 17.6. The van der Waals surface area contributed by atoms with Crippen molar-refractivity contribution in [3.63, 3.8) is 0 Å². The number of aliphatic hydroxyl groups excluding tert-OH is 1. The van der Waals surface area contributed by atoms with Crippen LogP contribution in [0, 0.1) is 0 Å². The van der Waals surface area contributed by atoms with Gasteiger partial charge in [-0.15, -0.1) is 0 Å². The minimum Gasteiger partial charge on any atom is -1.00 e. The Morgan fingerprint density at radius 3 is 2.07 bits per heavy atom. The van der Waals surface area contributed by atoms with E-state index in [2.05, 4.69) is 6.92 Å². The van der Waals surface area contributed by atoms with Crippen molar-refractivity contribution in [1.29, 1.82) is 0 Å². The largest absolute Gasteiger partial charge is 1.00 e. The monoisotopic (exact) mass is 416 g/mol. The van der Waals surface area contributed by atoms with E-state index in [4.69, 9.17) is 27.0 Å². The van der Waals surface area contributed by atoms with Crippen molar-refractivity contribution in [3.8, 4) is 5.75 Å². The van der Waals surface area contributed by atoms with E-state index in [1.54, 1.807) is 0 Å². The van der Waals surface area contributed by atoms with Gasteiger partial charge in [-0.05, 0) is 25.5 Å². The molecule has 2 unspecified atom stereocenters. The van der Waals surface area contributed by atoms with Gasteiger partial charge in [-0.3, -0.25) is 9.11 Å². The number of aliphatic hydroxyl groups is 1. The van der Waals surface area contributed by atoms with Gasteiger partial charge in [0.2, 0.25) is 0 Å². The number of unbranched alkanes of at least 4 members (excludes halogenated alkanes) is 5. The second-order valence-electron chi connectivity index (χ2n) is 5.94. The normalized spacial score (nSPS) is 12.9. The SMILES string of the molecule is CCCCCCCCC(CO)OC(C)Oc1ccccc1.O=S(=O)(O)O.[H-].[Na+]. The number of ether oxygens (including phenoxy) is 2. The van der Waals surface area contributed by atoms with E-state index >= 15 is 0 Å². The Balaban J connectivity index is -0.000000793. The summed E-state index contributed by atoms with van der Waals surface area (Å²) in [7, 11) is -4.67. The molecule has 0 saturated carbocycles. The van der Waals surface area contributed by atoms with Gasteiger partial charge in [-0.25, -0.2) is 0 Å². The first-order chi connectivity index (χ1) is 12.3. The van der Waals surface area contributed by atoms with Gasteiger partial charge >= 0.3 is 40.0 Å². The molecule has 0 aromatic heterocycles. The summed E-state index contributed by atoms with van der Waals surface area (Å²) in [6.45, 7) is 4.15. The van der Waals surface area contributed by atoms with Crippen LogP contribution in [0.5, 0.6) is 5.75 Å². The first-order valence-electron chi connectivity index (χ1n) is 8.94. The van der Waals surface area contributed by atoms with Crippen molar-refractivity contribution in [3.05, 3.63) is 30.3 Å². The minimum absolute atomic E-state index is 0. The molecule has 1 aromatic rings. The molecular formula is C18H33NaO7S. The summed E-state index contributed by atoms with van der Waals surface area (Å²) in [6.07, 6.45) is 7.93. The molecule has 0 fully saturated rings. The fourth-order valence-corrected chi connectivity index (χ4v) is 2.34. The van der Waals surface area contributed by atoms with E-state index < -0.39 is 10.4 Å². The fourth-order valence-electron chi connectivity index (χ4n) is 2.34. The van der Waals surface area contributed by atoms with Crippen molar-refractivity contribution < 1.29 is 63.1 Å². The quantitative estimate of drug-likeness (QED) is 0.202. The van der Waals surface area contributed by atoms with Crippen LogP contribution in [0.3, 0.4) is 0 Å². The van der Waals surface area contributed by atoms with Gasteiger partial charge in [0.05, 0.1) is 12.7 Å². The second-order valence-corrected chi connectivity index (χ2v) is 6.84. The molecule has 0 heterocycles. The molecule has 0 spiro atoms. The zero-order chi connectivity index (χ0) is 19.8. The Kier molecular flexibility index (Phi) is 19.2. The maximum Gasteiger partial charge on any atom is 1.00 e. The Bertz CT molecular complexity index is 538. The number of hydrogen-bond donors (Lipinski definition) is 3. The third-order valence-corrected chi connectivity index (χ3v) is 3.51. The maximum atomic E-state index is 9.40. The van der Waals surface area contributed by atoms with Gasteiger partial charge in [0.15, 0.2) is 6.29 Å². The number of para-hydroxylation sites is 1. The van der Waals surface area contributed by atoms with Crippen molar-refractivity contribution in [2.24, 2.45) is 0 Å². The van der Waals surface area contributed by atoms with Crippen LogP contribution in [0.1, 0.15) is 60.2 Å². The third kappa shape index (κ3) is 22.0. The van der Waals surface area contributed by atoms with E-state index in [0.29, 0.717) is 0 Å². The predicted molar refractivity (Wildman–Crippen MR) is 102 cm³/mol. The fraction of sp³-hybridized carbons (Fsp3) is 0.667. The first kappa shape index (κ1) is 29.0. The van der Waals surface area contributed by atoms with Gasteiger partial charge in [-0.2, -0.15) is 8.42 Å². The van der Waals surface area contributed by atoms with Crippen molar-refractivity contribution in [2.45, 2.75) is 71.2 Å². The predicted octanol–water partition coefficient (Wildman–Crippen LogP) is 1.00. The molecule has 0 saturated heterocycles. The molecule has 2 atom stereocenters. The number of benzene rings is 1. The molecule has 7 nitrogen and oxygen atoms in total. The maximum absolute atomic E-state index is 9.40. The molecule has 1 rings (SSSR count). The molecule has 0 aliphatic rings. The van der Waals surface area contributed by atoms with E-state index in [1.165, 1.54) is 32.1 Å². The molecule has 0 aliphatic carbocycles. The molecule has 0 aliphatic heterocycles. The first-order valence-corrected chi connectivity index (χ1v) is 10.3. The Labute approximate surface area is 186 Å². The van der Waals surface area contributed by atoms with Gasteiger partial charge in [0.25, 0.3) is 0 Å². The Morgan fingerprint density at radius 2 is 1.56 bits per heavy atom. The van der Waals surface area contributed by atoms with Gasteiger partial charge in [0.1, 0.15) is 5.75 Å². The Hall–Kier alpha value is -0.190. The molecule has 154 valence electrons. The van der Waals surface area contributed by atoms with Crippen LogP contribution in [-0.4, -0.2) is 41.6 Å². The van der Waals surface area contributed by atoms with E-state index in [9.17, 15) is 5.11 Å². The van der Waals surface area contributed by atoms with Crippen molar-refractivity contribution in [1.82, 2.24) is 0 Å². The van der Waals surface area contributed by atoms with Crippen LogP contribution in [0.15, 0.2) is 30.3 Å². The Morgan fingerprint density at radius 1 is 1.04 bits per heavy atom. The van der Waals surface area contributed by atoms with Gasteiger partial charge in [0, 0.05) is 0 Å². The molecule has 27 heavy (non-hydrogen) atoms. The average molecular weight is 417 g/mol.